The van der Waals surface area contributed by atoms with Gasteiger partial charge in [-0.05, 0) is 36.6 Å². The van der Waals surface area contributed by atoms with Crippen LogP contribution in [0.1, 0.15) is 22.3 Å². The van der Waals surface area contributed by atoms with Gasteiger partial charge in [-0.3, -0.25) is 4.79 Å². The lowest BCUT2D eigenvalue weighted by Crippen LogP contribution is -2.25. The normalized spacial score (nSPS) is 11.0. The molecular formula is C19H16ClN5O2. The van der Waals surface area contributed by atoms with Gasteiger partial charge in [0.05, 0.1) is 17.4 Å². The van der Waals surface area contributed by atoms with Crippen LogP contribution in [-0.2, 0) is 6.42 Å². The van der Waals surface area contributed by atoms with Gasteiger partial charge in [0.2, 0.25) is 0 Å². The van der Waals surface area contributed by atoms with Gasteiger partial charge in [-0.15, -0.1) is 0 Å². The highest BCUT2D eigenvalue weighted by Crippen LogP contribution is 2.21. The molecule has 0 spiro atoms. The largest absolute Gasteiger partial charge is 0.472 e. The summed E-state index contributed by atoms with van der Waals surface area (Å²) in [5.41, 5.74) is 3.46. The first-order chi connectivity index (χ1) is 13.2. The van der Waals surface area contributed by atoms with E-state index in [-0.39, 0.29) is 5.91 Å². The van der Waals surface area contributed by atoms with Gasteiger partial charge in [0.1, 0.15) is 22.8 Å². The summed E-state index contributed by atoms with van der Waals surface area (Å²) in [7, 11) is 0. The highest BCUT2D eigenvalue weighted by Gasteiger charge is 2.15. The minimum absolute atomic E-state index is 0.179. The fourth-order valence-electron chi connectivity index (χ4n) is 2.77. The maximum atomic E-state index is 12.6. The van der Waals surface area contributed by atoms with Crippen molar-refractivity contribution in [3.05, 3.63) is 65.5 Å². The van der Waals surface area contributed by atoms with E-state index in [0.29, 0.717) is 34.2 Å². The van der Waals surface area contributed by atoms with Crippen molar-refractivity contribution in [3.8, 4) is 11.4 Å². The summed E-state index contributed by atoms with van der Waals surface area (Å²) in [6, 6.07) is 7.16. The number of nitrogens with one attached hydrogen (secondary N) is 2. The summed E-state index contributed by atoms with van der Waals surface area (Å²) in [6.45, 7) is 0.546. The Morgan fingerprint density at radius 1 is 1.22 bits per heavy atom. The maximum Gasteiger partial charge on any atom is 0.253 e. The number of fused-ring (bicyclic) bond motifs is 1. The predicted octanol–water partition coefficient (Wildman–Crippen LogP) is 3.63. The number of halogens is 1. The van der Waals surface area contributed by atoms with Crippen molar-refractivity contribution in [2.24, 2.45) is 0 Å². The van der Waals surface area contributed by atoms with E-state index in [0.717, 1.165) is 24.0 Å². The SMILES string of the molecule is O=C(NCCCc1ccc(Cl)nc1)c1ccnc2[nH]c(-c3ccoc3)nc12. The number of hydrogen-bond donors (Lipinski definition) is 2. The Balaban J connectivity index is 1.42. The standard InChI is InChI=1S/C19H16ClN5O2/c20-15-4-3-12(10-23-15)2-1-7-22-19(26)14-5-8-21-18-16(14)24-17(25-18)13-6-9-27-11-13/h3-6,8-11H,1-2,7H2,(H,22,26)(H,21,24,25). The minimum Gasteiger partial charge on any atom is -0.472 e. The first-order valence-corrected chi connectivity index (χ1v) is 8.84. The molecule has 0 aliphatic carbocycles. The van der Waals surface area contributed by atoms with Crippen LogP contribution in [0.2, 0.25) is 5.15 Å². The molecule has 0 aliphatic heterocycles. The maximum absolute atomic E-state index is 12.6. The van der Waals surface area contributed by atoms with Gasteiger partial charge in [-0.25, -0.2) is 15.0 Å². The first kappa shape index (κ1) is 17.2. The lowest BCUT2D eigenvalue weighted by atomic mass is 10.1. The summed E-state index contributed by atoms with van der Waals surface area (Å²) in [6.07, 6.45) is 8.10. The molecule has 136 valence electrons. The summed E-state index contributed by atoms with van der Waals surface area (Å²) in [5.74, 6) is 0.434. The Bertz CT molecular complexity index is 1060. The van der Waals surface area contributed by atoms with Crippen LogP contribution in [0.5, 0.6) is 0 Å². The second-order valence-electron chi connectivity index (χ2n) is 6.00. The third-order valence-electron chi connectivity index (χ3n) is 4.14. The van der Waals surface area contributed by atoms with Crippen molar-refractivity contribution in [2.75, 3.05) is 6.54 Å². The molecule has 0 atom stereocenters. The number of carbonyl (C=O) groups is 1. The van der Waals surface area contributed by atoms with Crippen LogP contribution in [0.4, 0.5) is 0 Å². The average molecular weight is 382 g/mol. The lowest BCUT2D eigenvalue weighted by molar-refractivity contribution is 0.0954. The van der Waals surface area contributed by atoms with E-state index in [1.807, 2.05) is 6.07 Å². The summed E-state index contributed by atoms with van der Waals surface area (Å²) in [5, 5.41) is 3.41. The molecule has 4 aromatic rings. The summed E-state index contributed by atoms with van der Waals surface area (Å²) < 4.78 is 5.08. The van der Waals surface area contributed by atoms with Crippen LogP contribution >= 0.6 is 11.6 Å². The van der Waals surface area contributed by atoms with E-state index in [2.05, 4.69) is 25.3 Å². The Labute approximate surface area is 159 Å². The van der Waals surface area contributed by atoms with Crippen molar-refractivity contribution >= 4 is 28.7 Å². The predicted molar refractivity (Wildman–Crippen MR) is 101 cm³/mol. The Hall–Kier alpha value is -3.19. The van der Waals surface area contributed by atoms with Crippen LogP contribution in [0.25, 0.3) is 22.6 Å². The van der Waals surface area contributed by atoms with E-state index in [9.17, 15) is 4.79 Å². The summed E-state index contributed by atoms with van der Waals surface area (Å²) >= 11 is 5.78. The van der Waals surface area contributed by atoms with E-state index < -0.39 is 0 Å². The number of furan rings is 1. The van der Waals surface area contributed by atoms with Crippen molar-refractivity contribution in [1.29, 1.82) is 0 Å². The molecule has 4 aromatic heterocycles. The number of amides is 1. The van der Waals surface area contributed by atoms with Gasteiger partial charge in [0.15, 0.2) is 5.65 Å². The molecule has 0 aromatic carbocycles. The highest BCUT2D eigenvalue weighted by atomic mass is 35.5. The number of hydrogen-bond acceptors (Lipinski definition) is 5. The molecule has 2 N–H and O–H groups in total. The second-order valence-corrected chi connectivity index (χ2v) is 6.39. The number of nitrogens with zero attached hydrogens (tertiary/aromatic N) is 3. The van der Waals surface area contributed by atoms with Crippen molar-refractivity contribution in [3.63, 3.8) is 0 Å². The van der Waals surface area contributed by atoms with Gasteiger partial charge < -0.3 is 14.7 Å². The van der Waals surface area contributed by atoms with Crippen LogP contribution in [0.15, 0.2) is 53.6 Å². The Kier molecular flexibility index (Phi) is 4.84. The van der Waals surface area contributed by atoms with Crippen LogP contribution in [0.3, 0.4) is 0 Å². The minimum atomic E-state index is -0.179. The molecule has 0 aliphatic rings. The monoisotopic (exact) mass is 381 g/mol. The van der Waals surface area contributed by atoms with E-state index in [1.165, 1.54) is 0 Å². The van der Waals surface area contributed by atoms with Crippen molar-refractivity contribution in [1.82, 2.24) is 25.3 Å². The first-order valence-electron chi connectivity index (χ1n) is 8.46. The van der Waals surface area contributed by atoms with Crippen LogP contribution in [0, 0.1) is 0 Å². The topological polar surface area (TPSA) is 96.7 Å². The number of aromatic amines is 1. The summed E-state index contributed by atoms with van der Waals surface area (Å²) in [4.78, 5) is 28.5. The fourth-order valence-corrected chi connectivity index (χ4v) is 2.89. The Morgan fingerprint density at radius 3 is 2.93 bits per heavy atom. The van der Waals surface area contributed by atoms with Gasteiger partial charge in [-0.1, -0.05) is 17.7 Å². The van der Waals surface area contributed by atoms with E-state index in [4.69, 9.17) is 16.0 Å². The van der Waals surface area contributed by atoms with Gasteiger partial charge in [-0.2, -0.15) is 0 Å². The number of carbonyl (C=O) groups excluding carboxylic acids is 1. The molecule has 7 nitrogen and oxygen atoms in total. The highest BCUT2D eigenvalue weighted by molar-refractivity contribution is 6.29. The van der Waals surface area contributed by atoms with Gasteiger partial charge in [0, 0.05) is 18.9 Å². The number of imidazole rings is 1. The van der Waals surface area contributed by atoms with E-state index >= 15 is 0 Å². The molecule has 1 amide bonds. The number of aromatic nitrogens is 4. The van der Waals surface area contributed by atoms with Gasteiger partial charge >= 0.3 is 0 Å². The molecule has 27 heavy (non-hydrogen) atoms. The number of H-pyrrole nitrogens is 1. The number of pyridine rings is 2. The molecule has 4 rings (SSSR count). The molecule has 4 heterocycles. The number of rotatable bonds is 6. The lowest BCUT2D eigenvalue weighted by Gasteiger charge is -2.06. The van der Waals surface area contributed by atoms with Gasteiger partial charge in [0.25, 0.3) is 5.91 Å². The smallest absolute Gasteiger partial charge is 0.253 e. The zero-order valence-electron chi connectivity index (χ0n) is 14.3. The molecule has 0 unspecified atom stereocenters. The molecular weight excluding hydrogens is 366 g/mol. The third-order valence-corrected chi connectivity index (χ3v) is 4.36. The van der Waals surface area contributed by atoms with E-state index in [1.54, 1.807) is 43.1 Å². The number of aryl methyl sites for hydroxylation is 1. The molecule has 8 heteroatoms. The second kappa shape index (κ2) is 7.59. The Morgan fingerprint density at radius 2 is 2.15 bits per heavy atom. The average Bonchev–Trinajstić information content (AvgIpc) is 3.35. The zero-order chi connectivity index (χ0) is 18.6. The molecule has 0 saturated carbocycles. The molecule has 0 saturated heterocycles. The molecule has 0 radical (unpaired) electrons. The third kappa shape index (κ3) is 3.83. The zero-order valence-corrected chi connectivity index (χ0v) is 15.0. The molecule has 0 bridgehead atoms. The van der Waals surface area contributed by atoms with Crippen molar-refractivity contribution in [2.45, 2.75) is 12.8 Å². The van der Waals surface area contributed by atoms with Crippen LogP contribution in [-0.4, -0.2) is 32.4 Å². The fraction of sp³-hybridized carbons (Fsp3) is 0.158. The van der Waals surface area contributed by atoms with Crippen molar-refractivity contribution < 1.29 is 9.21 Å². The molecule has 0 fully saturated rings. The van der Waals surface area contributed by atoms with Crippen LogP contribution < -0.4 is 5.32 Å². The quantitative estimate of drug-likeness (QED) is 0.392.